The molecule has 27 heavy (non-hydrogen) atoms. The quantitative estimate of drug-likeness (QED) is 0.448. The zero-order chi connectivity index (χ0) is 19.0. The molecule has 0 aliphatic heterocycles. The summed E-state index contributed by atoms with van der Waals surface area (Å²) in [6.45, 7) is 6.36. The first-order valence-electron chi connectivity index (χ1n) is 9.43. The van der Waals surface area contributed by atoms with Gasteiger partial charge in [0.2, 0.25) is 0 Å². The van der Waals surface area contributed by atoms with E-state index in [2.05, 4.69) is 30.8 Å². The molecule has 2 aliphatic rings. The Kier molecular flexibility index (Phi) is 4.69. The van der Waals surface area contributed by atoms with E-state index >= 15 is 0 Å². The predicted molar refractivity (Wildman–Crippen MR) is 109 cm³/mol. The van der Waals surface area contributed by atoms with Crippen molar-refractivity contribution in [3.05, 3.63) is 57.9 Å². The molecule has 1 spiro atoms. The smallest absolute Gasteiger partial charge is 0.258 e. The molecule has 2 aliphatic carbocycles. The number of hydrogen-bond donors (Lipinski definition) is 0. The summed E-state index contributed by atoms with van der Waals surface area (Å²) in [5.41, 5.74) is 4.96. The third-order valence-corrected chi connectivity index (χ3v) is 6.56. The van der Waals surface area contributed by atoms with Crippen LogP contribution < -0.4 is 5.56 Å². The van der Waals surface area contributed by atoms with E-state index < -0.39 is 0 Å². The van der Waals surface area contributed by atoms with Crippen molar-refractivity contribution in [3.8, 4) is 17.3 Å². The van der Waals surface area contributed by atoms with Crippen molar-refractivity contribution in [2.24, 2.45) is 0 Å². The van der Waals surface area contributed by atoms with Crippen LogP contribution >= 0.6 is 11.8 Å². The largest absolute Gasteiger partial charge is 0.283 e. The Bertz CT molecular complexity index is 1010. The number of aromatic nitrogens is 2. The van der Waals surface area contributed by atoms with Crippen LogP contribution in [0, 0.1) is 11.3 Å². The van der Waals surface area contributed by atoms with Crippen molar-refractivity contribution < 1.29 is 0 Å². The number of rotatable bonds is 4. The van der Waals surface area contributed by atoms with Crippen LogP contribution in [0.5, 0.6) is 0 Å². The summed E-state index contributed by atoms with van der Waals surface area (Å²) in [7, 11) is 0. The standard InChI is InChI=1S/C22H23N3OS/c1-15(2)14-25-20(26)18-19(24-21(25)27-12-11-23)17-8-4-3-7-16(17)13-22(18)9-5-6-10-22/h3-4,7-8H,1,5-6,9-10,12-14H2,2H3. The summed E-state index contributed by atoms with van der Waals surface area (Å²) in [6, 6.07) is 10.5. The fourth-order valence-corrected chi connectivity index (χ4v) is 5.31. The van der Waals surface area contributed by atoms with E-state index in [-0.39, 0.29) is 16.7 Å². The van der Waals surface area contributed by atoms with Gasteiger partial charge in [0, 0.05) is 17.5 Å². The number of thioether (sulfide) groups is 1. The second kappa shape index (κ2) is 7.01. The molecule has 1 aromatic heterocycles. The van der Waals surface area contributed by atoms with E-state index in [1.165, 1.54) is 17.3 Å². The number of benzene rings is 1. The number of nitriles is 1. The molecule has 5 heteroatoms. The van der Waals surface area contributed by atoms with Crippen LogP contribution in [0.3, 0.4) is 0 Å². The maximum atomic E-state index is 13.7. The number of hydrogen-bond acceptors (Lipinski definition) is 4. The van der Waals surface area contributed by atoms with Crippen LogP contribution in [0.25, 0.3) is 11.3 Å². The van der Waals surface area contributed by atoms with Crippen LogP contribution in [0.1, 0.15) is 43.7 Å². The van der Waals surface area contributed by atoms with Gasteiger partial charge in [0.25, 0.3) is 5.56 Å². The second-order valence-corrected chi connectivity index (χ2v) is 8.68. The highest BCUT2D eigenvalue weighted by Gasteiger charge is 2.44. The minimum atomic E-state index is -0.0942. The maximum Gasteiger partial charge on any atom is 0.258 e. The van der Waals surface area contributed by atoms with Crippen LogP contribution in [-0.2, 0) is 18.4 Å². The summed E-state index contributed by atoms with van der Waals surface area (Å²) in [5, 5.41) is 9.65. The lowest BCUT2D eigenvalue weighted by Crippen LogP contribution is -2.40. The third-order valence-electron chi connectivity index (χ3n) is 5.72. The molecule has 1 fully saturated rings. The first-order chi connectivity index (χ1) is 13.1. The first-order valence-corrected chi connectivity index (χ1v) is 10.4. The molecule has 0 amide bonds. The minimum absolute atomic E-state index is 0.0554. The monoisotopic (exact) mass is 377 g/mol. The Labute approximate surface area is 163 Å². The lowest BCUT2D eigenvalue weighted by atomic mass is 9.68. The lowest BCUT2D eigenvalue weighted by Gasteiger charge is -2.36. The van der Waals surface area contributed by atoms with Gasteiger partial charge >= 0.3 is 0 Å². The molecule has 0 atom stereocenters. The van der Waals surface area contributed by atoms with Gasteiger partial charge in [0.15, 0.2) is 5.16 Å². The molecule has 0 unspecified atom stereocenters. The van der Waals surface area contributed by atoms with Crippen LogP contribution in [0.2, 0.25) is 0 Å². The van der Waals surface area contributed by atoms with Gasteiger partial charge in [-0.1, -0.05) is 61.0 Å². The van der Waals surface area contributed by atoms with Crippen LogP contribution in [0.4, 0.5) is 0 Å². The van der Waals surface area contributed by atoms with Crippen molar-refractivity contribution in [1.82, 2.24) is 9.55 Å². The fourth-order valence-electron chi connectivity index (χ4n) is 4.66. The van der Waals surface area contributed by atoms with E-state index in [0.717, 1.165) is 54.5 Å². The van der Waals surface area contributed by atoms with E-state index in [1.807, 2.05) is 13.0 Å². The Morgan fingerprint density at radius 3 is 2.81 bits per heavy atom. The van der Waals surface area contributed by atoms with Gasteiger partial charge in [0.1, 0.15) is 0 Å². The lowest BCUT2D eigenvalue weighted by molar-refractivity contribution is 0.417. The van der Waals surface area contributed by atoms with Crippen molar-refractivity contribution in [2.75, 3.05) is 5.75 Å². The summed E-state index contributed by atoms with van der Waals surface area (Å²) in [6.07, 6.45) is 5.33. The van der Waals surface area contributed by atoms with Crippen molar-refractivity contribution in [3.63, 3.8) is 0 Å². The Morgan fingerprint density at radius 1 is 1.37 bits per heavy atom. The normalized spacial score (nSPS) is 16.6. The molecule has 0 saturated heterocycles. The van der Waals surface area contributed by atoms with E-state index in [4.69, 9.17) is 10.2 Å². The second-order valence-electron chi connectivity index (χ2n) is 7.73. The van der Waals surface area contributed by atoms with Gasteiger partial charge in [-0.3, -0.25) is 9.36 Å². The molecular weight excluding hydrogens is 354 g/mol. The van der Waals surface area contributed by atoms with Gasteiger partial charge in [-0.05, 0) is 31.7 Å². The van der Waals surface area contributed by atoms with Gasteiger partial charge in [-0.15, -0.1) is 0 Å². The predicted octanol–water partition coefficient (Wildman–Crippen LogP) is 4.47. The van der Waals surface area contributed by atoms with E-state index in [0.29, 0.717) is 11.7 Å². The average Bonchev–Trinajstić information content (AvgIpc) is 3.10. The summed E-state index contributed by atoms with van der Waals surface area (Å²) >= 11 is 1.33. The SMILES string of the molecule is C=C(C)Cn1c(SCC#N)nc2c(c1=O)C1(CCCC1)Cc1ccccc1-2. The van der Waals surface area contributed by atoms with Crippen molar-refractivity contribution in [2.45, 2.75) is 56.1 Å². The number of fused-ring (bicyclic) bond motifs is 4. The van der Waals surface area contributed by atoms with E-state index in [1.54, 1.807) is 4.57 Å². The molecule has 0 radical (unpaired) electrons. The molecule has 4 nitrogen and oxygen atoms in total. The van der Waals surface area contributed by atoms with E-state index in [9.17, 15) is 4.79 Å². The fraction of sp³-hybridized carbons (Fsp3) is 0.409. The van der Waals surface area contributed by atoms with Gasteiger partial charge in [-0.25, -0.2) is 4.98 Å². The van der Waals surface area contributed by atoms with Gasteiger partial charge in [0.05, 0.1) is 23.1 Å². The summed E-state index contributed by atoms with van der Waals surface area (Å²) in [5.74, 6) is 0.272. The number of allylic oxidation sites excluding steroid dienone is 1. The Balaban J connectivity index is 2.01. The van der Waals surface area contributed by atoms with Gasteiger partial charge < -0.3 is 0 Å². The Morgan fingerprint density at radius 2 is 2.11 bits per heavy atom. The molecule has 1 heterocycles. The minimum Gasteiger partial charge on any atom is -0.283 e. The van der Waals surface area contributed by atoms with Crippen molar-refractivity contribution in [1.29, 1.82) is 5.26 Å². The topological polar surface area (TPSA) is 58.7 Å². The first kappa shape index (κ1) is 18.1. The molecule has 138 valence electrons. The molecular formula is C22H23N3OS. The van der Waals surface area contributed by atoms with Crippen LogP contribution in [0.15, 0.2) is 46.4 Å². The summed E-state index contributed by atoms with van der Waals surface area (Å²) < 4.78 is 1.73. The molecule has 0 bridgehead atoms. The molecule has 1 saturated carbocycles. The summed E-state index contributed by atoms with van der Waals surface area (Å²) in [4.78, 5) is 18.6. The maximum absolute atomic E-state index is 13.7. The number of nitrogens with zero attached hydrogens (tertiary/aromatic N) is 3. The molecule has 0 N–H and O–H groups in total. The highest BCUT2D eigenvalue weighted by Crippen LogP contribution is 2.49. The van der Waals surface area contributed by atoms with Gasteiger partial charge in [-0.2, -0.15) is 5.26 Å². The highest BCUT2D eigenvalue weighted by molar-refractivity contribution is 7.99. The zero-order valence-electron chi connectivity index (χ0n) is 15.6. The van der Waals surface area contributed by atoms with Crippen molar-refractivity contribution >= 4 is 11.8 Å². The Hall–Kier alpha value is -2.32. The third kappa shape index (κ3) is 3.02. The molecule has 4 rings (SSSR count). The van der Waals surface area contributed by atoms with Crippen LogP contribution in [-0.4, -0.2) is 15.3 Å². The average molecular weight is 378 g/mol. The highest BCUT2D eigenvalue weighted by atomic mass is 32.2. The molecule has 1 aromatic carbocycles. The zero-order valence-corrected chi connectivity index (χ0v) is 16.4. The molecule has 2 aromatic rings.